The van der Waals surface area contributed by atoms with Gasteiger partial charge in [-0.1, -0.05) is 32.7 Å². The summed E-state index contributed by atoms with van der Waals surface area (Å²) in [5.74, 6) is -0.465. The molecular weight excluding hydrogens is 309 g/mol. The molecule has 1 unspecified atom stereocenters. The molecule has 7 heteroatoms. The third-order valence-electron chi connectivity index (χ3n) is 2.08. The summed E-state index contributed by atoms with van der Waals surface area (Å²) in [7, 11) is 0. The van der Waals surface area contributed by atoms with Crippen LogP contribution in [0.25, 0.3) is 0 Å². The lowest BCUT2D eigenvalue weighted by Crippen LogP contribution is -2.42. The maximum absolute atomic E-state index is 11.8. The second-order valence-corrected chi connectivity index (χ2v) is 4.67. The predicted molar refractivity (Wildman–Crippen MR) is 69.5 cm³/mol. The minimum Gasteiger partial charge on any atom is -0.409 e. The Morgan fingerprint density at radius 2 is 2.29 bits per heavy atom. The number of nitrogens with zero attached hydrogens (tertiary/aromatic N) is 1. The first kappa shape index (κ1) is 13.8. The van der Waals surface area contributed by atoms with Gasteiger partial charge in [-0.2, -0.15) is 0 Å². The lowest BCUT2D eigenvalue weighted by molar-refractivity contribution is 0.0949. The smallest absolute Gasteiger partial charge is 0.253 e. The number of carbonyl (C=O) groups is 1. The number of hydrogen-bond acceptors (Lipinski definition) is 3. The van der Waals surface area contributed by atoms with Crippen LogP contribution < -0.4 is 11.1 Å². The van der Waals surface area contributed by atoms with E-state index >= 15 is 0 Å². The molecule has 1 atom stereocenters. The Labute approximate surface area is 112 Å². The molecule has 0 radical (unpaired) electrons. The Balaban J connectivity index is 2.84. The number of nitrogens with two attached hydrogens (primary N) is 1. The SMILES string of the molecule is CC(NC(=O)c1ccc(Br)cc1Cl)/C(N)=N/O. The maximum Gasteiger partial charge on any atom is 0.253 e. The Kier molecular flexibility index (Phi) is 4.77. The Hall–Kier alpha value is -1.27. The summed E-state index contributed by atoms with van der Waals surface area (Å²) < 4.78 is 0.781. The molecule has 1 rings (SSSR count). The highest BCUT2D eigenvalue weighted by atomic mass is 79.9. The predicted octanol–water partition coefficient (Wildman–Crippen LogP) is 1.97. The van der Waals surface area contributed by atoms with Crippen LogP contribution in [-0.4, -0.2) is 23.0 Å². The Bertz CT molecular complexity index is 465. The largest absolute Gasteiger partial charge is 0.409 e. The van der Waals surface area contributed by atoms with E-state index < -0.39 is 6.04 Å². The third kappa shape index (κ3) is 3.61. The van der Waals surface area contributed by atoms with E-state index in [1.54, 1.807) is 25.1 Å². The molecule has 0 spiro atoms. The van der Waals surface area contributed by atoms with Gasteiger partial charge in [-0.15, -0.1) is 0 Å². The van der Waals surface area contributed by atoms with E-state index in [0.29, 0.717) is 10.6 Å². The van der Waals surface area contributed by atoms with Crippen LogP contribution in [0.4, 0.5) is 0 Å². The summed E-state index contributed by atoms with van der Waals surface area (Å²) in [4.78, 5) is 11.8. The van der Waals surface area contributed by atoms with Crippen molar-refractivity contribution in [3.8, 4) is 0 Å². The minimum absolute atomic E-state index is 0.0772. The lowest BCUT2D eigenvalue weighted by atomic mass is 10.2. The van der Waals surface area contributed by atoms with Crippen molar-refractivity contribution >= 4 is 39.3 Å². The number of halogens is 2. The summed E-state index contributed by atoms with van der Waals surface area (Å²) in [6.45, 7) is 1.60. The van der Waals surface area contributed by atoms with E-state index in [9.17, 15) is 4.79 Å². The molecular formula is C10H11BrClN3O2. The molecule has 0 aromatic heterocycles. The van der Waals surface area contributed by atoms with Crippen molar-refractivity contribution in [3.63, 3.8) is 0 Å². The fraction of sp³-hybridized carbons (Fsp3) is 0.200. The van der Waals surface area contributed by atoms with E-state index in [4.69, 9.17) is 22.5 Å². The average molecular weight is 321 g/mol. The number of carbonyl (C=O) groups excluding carboxylic acids is 1. The number of amides is 1. The van der Waals surface area contributed by atoms with E-state index in [0.717, 1.165) is 4.47 Å². The van der Waals surface area contributed by atoms with Crippen LogP contribution in [0.5, 0.6) is 0 Å². The van der Waals surface area contributed by atoms with E-state index in [-0.39, 0.29) is 11.7 Å². The molecule has 4 N–H and O–H groups in total. The second kappa shape index (κ2) is 5.88. The molecule has 0 fully saturated rings. The normalized spacial score (nSPS) is 13.2. The van der Waals surface area contributed by atoms with Crippen molar-refractivity contribution in [2.24, 2.45) is 10.9 Å². The highest BCUT2D eigenvalue weighted by Crippen LogP contribution is 2.21. The molecule has 0 aliphatic rings. The fourth-order valence-corrected chi connectivity index (χ4v) is 1.87. The number of oxime groups is 1. The molecule has 5 nitrogen and oxygen atoms in total. The summed E-state index contributed by atoms with van der Waals surface area (Å²) in [6.07, 6.45) is 0. The van der Waals surface area contributed by atoms with Crippen molar-refractivity contribution < 1.29 is 10.0 Å². The van der Waals surface area contributed by atoms with Crippen molar-refractivity contribution in [2.45, 2.75) is 13.0 Å². The van der Waals surface area contributed by atoms with Gasteiger partial charge < -0.3 is 16.3 Å². The lowest BCUT2D eigenvalue weighted by Gasteiger charge is -2.12. The minimum atomic E-state index is -0.577. The molecule has 1 aromatic rings. The van der Waals surface area contributed by atoms with Gasteiger partial charge in [0.15, 0.2) is 5.84 Å². The first-order valence-corrected chi connectivity index (χ1v) is 5.86. The van der Waals surface area contributed by atoms with Gasteiger partial charge in [-0.05, 0) is 25.1 Å². The molecule has 0 bridgehead atoms. The molecule has 0 saturated carbocycles. The van der Waals surface area contributed by atoms with E-state index in [1.165, 1.54) is 0 Å². The zero-order valence-electron chi connectivity index (χ0n) is 8.95. The van der Waals surface area contributed by atoms with Crippen LogP contribution in [-0.2, 0) is 0 Å². The summed E-state index contributed by atoms with van der Waals surface area (Å²) in [6, 6.07) is 4.33. The molecule has 0 aliphatic heterocycles. The molecule has 17 heavy (non-hydrogen) atoms. The van der Waals surface area contributed by atoms with Crippen molar-refractivity contribution in [1.82, 2.24) is 5.32 Å². The van der Waals surface area contributed by atoms with Gasteiger partial charge in [0, 0.05) is 4.47 Å². The van der Waals surface area contributed by atoms with Crippen LogP contribution >= 0.6 is 27.5 Å². The standard InChI is InChI=1S/C10H11BrClN3O2/c1-5(9(13)15-17)14-10(16)7-3-2-6(11)4-8(7)12/h2-5,17H,1H3,(H2,13,15)(H,14,16). The summed E-state index contributed by atoms with van der Waals surface area (Å²) in [5, 5.41) is 14.1. The average Bonchev–Trinajstić information content (AvgIpc) is 2.27. The molecule has 0 aliphatic carbocycles. The highest BCUT2D eigenvalue weighted by molar-refractivity contribution is 9.10. The van der Waals surface area contributed by atoms with Gasteiger partial charge in [-0.25, -0.2) is 0 Å². The first-order valence-electron chi connectivity index (χ1n) is 4.69. The van der Waals surface area contributed by atoms with Crippen LogP contribution in [0.1, 0.15) is 17.3 Å². The molecule has 1 amide bonds. The van der Waals surface area contributed by atoms with Gasteiger partial charge in [0.05, 0.1) is 16.6 Å². The number of amidine groups is 1. The topological polar surface area (TPSA) is 87.7 Å². The third-order valence-corrected chi connectivity index (χ3v) is 2.89. The van der Waals surface area contributed by atoms with Gasteiger partial charge in [0.25, 0.3) is 5.91 Å². The van der Waals surface area contributed by atoms with Crippen LogP contribution in [0.3, 0.4) is 0 Å². The van der Waals surface area contributed by atoms with Gasteiger partial charge in [0.1, 0.15) is 0 Å². The fourth-order valence-electron chi connectivity index (χ4n) is 1.11. The van der Waals surface area contributed by atoms with E-state index in [1.807, 2.05) is 0 Å². The Morgan fingerprint density at radius 1 is 1.65 bits per heavy atom. The molecule has 1 aromatic carbocycles. The first-order chi connectivity index (χ1) is 7.95. The zero-order valence-corrected chi connectivity index (χ0v) is 11.3. The maximum atomic E-state index is 11.8. The zero-order chi connectivity index (χ0) is 13.0. The van der Waals surface area contributed by atoms with Gasteiger partial charge in [-0.3, -0.25) is 4.79 Å². The molecule has 0 saturated heterocycles. The van der Waals surface area contributed by atoms with Crippen LogP contribution in [0.15, 0.2) is 27.8 Å². The van der Waals surface area contributed by atoms with E-state index in [2.05, 4.69) is 26.4 Å². The van der Waals surface area contributed by atoms with Crippen molar-refractivity contribution in [2.75, 3.05) is 0 Å². The quantitative estimate of drug-likeness (QED) is 0.344. The number of benzene rings is 1. The molecule has 92 valence electrons. The summed E-state index contributed by atoms with van der Waals surface area (Å²) >= 11 is 9.16. The van der Waals surface area contributed by atoms with Crippen LogP contribution in [0, 0.1) is 0 Å². The highest BCUT2D eigenvalue weighted by Gasteiger charge is 2.15. The second-order valence-electron chi connectivity index (χ2n) is 3.34. The number of nitrogens with one attached hydrogen (secondary N) is 1. The van der Waals surface area contributed by atoms with Gasteiger partial charge in [0.2, 0.25) is 0 Å². The van der Waals surface area contributed by atoms with Gasteiger partial charge >= 0.3 is 0 Å². The number of hydrogen-bond donors (Lipinski definition) is 3. The monoisotopic (exact) mass is 319 g/mol. The van der Waals surface area contributed by atoms with Crippen molar-refractivity contribution in [1.29, 1.82) is 0 Å². The van der Waals surface area contributed by atoms with Crippen LogP contribution in [0.2, 0.25) is 5.02 Å². The van der Waals surface area contributed by atoms with Crippen molar-refractivity contribution in [3.05, 3.63) is 33.3 Å². The molecule has 0 heterocycles. The Morgan fingerprint density at radius 3 is 2.82 bits per heavy atom. The summed E-state index contributed by atoms with van der Waals surface area (Å²) in [5.41, 5.74) is 5.68. The number of rotatable bonds is 3.